The summed E-state index contributed by atoms with van der Waals surface area (Å²) in [5.41, 5.74) is 9.23. The van der Waals surface area contributed by atoms with E-state index in [1.165, 1.54) is 23.3 Å². The molecule has 1 fully saturated rings. The molecule has 0 bridgehead atoms. The van der Waals surface area contributed by atoms with Crippen molar-refractivity contribution in [2.45, 2.75) is 38.1 Å². The van der Waals surface area contributed by atoms with Gasteiger partial charge in [-0.15, -0.1) is 0 Å². The summed E-state index contributed by atoms with van der Waals surface area (Å²) >= 11 is 0. The number of hydrogen-bond acceptors (Lipinski definition) is 2. The zero-order valence-electron chi connectivity index (χ0n) is 15.6. The van der Waals surface area contributed by atoms with Crippen molar-refractivity contribution in [1.82, 2.24) is 4.90 Å². The van der Waals surface area contributed by atoms with Gasteiger partial charge in [-0.25, -0.2) is 4.39 Å². The molecular formula is C23H27FN2O. The van der Waals surface area contributed by atoms with Crippen molar-refractivity contribution in [3.05, 3.63) is 71.0 Å². The van der Waals surface area contributed by atoms with Gasteiger partial charge in [0.05, 0.1) is 6.04 Å². The summed E-state index contributed by atoms with van der Waals surface area (Å²) in [7, 11) is 0. The number of fused-ring (bicyclic) bond motifs is 1. The van der Waals surface area contributed by atoms with E-state index >= 15 is 0 Å². The molecule has 4 heteroatoms. The van der Waals surface area contributed by atoms with E-state index in [0.717, 1.165) is 44.2 Å². The number of nitrogens with zero attached hydrogens (tertiary/aromatic N) is 1. The van der Waals surface area contributed by atoms with Crippen molar-refractivity contribution in [1.29, 1.82) is 0 Å². The van der Waals surface area contributed by atoms with Crippen LogP contribution in [0.2, 0.25) is 0 Å². The van der Waals surface area contributed by atoms with Crippen molar-refractivity contribution in [2.75, 3.05) is 13.1 Å². The van der Waals surface area contributed by atoms with E-state index in [4.69, 9.17) is 5.73 Å². The highest BCUT2D eigenvalue weighted by atomic mass is 19.1. The zero-order valence-corrected chi connectivity index (χ0v) is 15.6. The molecule has 0 unspecified atom stereocenters. The quantitative estimate of drug-likeness (QED) is 0.890. The lowest BCUT2D eigenvalue weighted by Gasteiger charge is -2.40. The summed E-state index contributed by atoms with van der Waals surface area (Å²) in [6.07, 6.45) is 4.80. The van der Waals surface area contributed by atoms with Crippen LogP contribution in [-0.2, 0) is 11.2 Å². The van der Waals surface area contributed by atoms with E-state index in [1.807, 2.05) is 29.2 Å². The molecule has 1 amide bonds. The smallest absolute Gasteiger partial charge is 0.226 e. The first-order valence-corrected chi connectivity index (χ1v) is 10.0. The minimum absolute atomic E-state index is 0.0843. The highest BCUT2D eigenvalue weighted by Gasteiger charge is 2.36. The van der Waals surface area contributed by atoms with E-state index in [9.17, 15) is 9.18 Å². The Labute approximate surface area is 160 Å². The predicted octanol–water partition coefficient (Wildman–Crippen LogP) is 4.06. The molecule has 2 aliphatic rings. The Hall–Kier alpha value is -2.20. The minimum Gasteiger partial charge on any atom is -0.331 e. The summed E-state index contributed by atoms with van der Waals surface area (Å²) in [6, 6.07) is 14.8. The number of amides is 1. The second-order valence-corrected chi connectivity index (χ2v) is 7.89. The maximum atomic E-state index is 13.5. The SMILES string of the molecule is NC[C@H]1CC[C@@H](C(=O)N2CCc3ccccc3[C@@H]2c2ccc(F)cc2)CC1. The van der Waals surface area contributed by atoms with E-state index in [2.05, 4.69) is 12.1 Å². The van der Waals surface area contributed by atoms with Crippen LogP contribution in [0.5, 0.6) is 0 Å². The number of carbonyl (C=O) groups is 1. The fourth-order valence-electron chi connectivity index (χ4n) is 4.69. The Bertz CT molecular complexity index is 796. The molecule has 0 aromatic heterocycles. The van der Waals surface area contributed by atoms with Gasteiger partial charge in [-0.1, -0.05) is 36.4 Å². The summed E-state index contributed by atoms with van der Waals surface area (Å²) in [5.74, 6) is 0.639. The van der Waals surface area contributed by atoms with Crippen LogP contribution >= 0.6 is 0 Å². The normalized spacial score (nSPS) is 25.1. The van der Waals surface area contributed by atoms with Gasteiger partial charge >= 0.3 is 0 Å². The molecule has 0 spiro atoms. The maximum Gasteiger partial charge on any atom is 0.226 e. The van der Waals surface area contributed by atoms with Crippen LogP contribution in [0.4, 0.5) is 4.39 Å². The van der Waals surface area contributed by atoms with Crippen molar-refractivity contribution < 1.29 is 9.18 Å². The average Bonchev–Trinajstić information content (AvgIpc) is 2.73. The fourth-order valence-corrected chi connectivity index (χ4v) is 4.69. The van der Waals surface area contributed by atoms with Crippen molar-refractivity contribution in [3.63, 3.8) is 0 Å². The van der Waals surface area contributed by atoms with Crippen LogP contribution in [0.25, 0.3) is 0 Å². The van der Waals surface area contributed by atoms with E-state index in [-0.39, 0.29) is 23.7 Å². The highest BCUT2D eigenvalue weighted by molar-refractivity contribution is 5.80. The summed E-state index contributed by atoms with van der Waals surface area (Å²) in [5, 5.41) is 0. The van der Waals surface area contributed by atoms with Gasteiger partial charge in [-0.2, -0.15) is 0 Å². The minimum atomic E-state index is -0.249. The molecule has 1 aliphatic heterocycles. The first-order chi connectivity index (χ1) is 13.2. The van der Waals surface area contributed by atoms with Gasteiger partial charge < -0.3 is 10.6 Å². The van der Waals surface area contributed by atoms with Gasteiger partial charge in [0.25, 0.3) is 0 Å². The van der Waals surface area contributed by atoms with E-state index in [0.29, 0.717) is 12.5 Å². The third-order valence-corrected chi connectivity index (χ3v) is 6.28. The maximum absolute atomic E-state index is 13.5. The third kappa shape index (κ3) is 3.63. The standard InChI is InChI=1S/C23H27FN2O/c24-20-11-9-18(10-12-20)22-21-4-2-1-3-17(21)13-14-26(22)23(27)19-7-5-16(15-25)6-8-19/h1-4,9-12,16,19,22H,5-8,13-15,25H2/t16-,19+,22-/m0/s1. The molecule has 2 aromatic carbocycles. The Kier molecular flexibility index (Phi) is 5.26. The Morgan fingerprint density at radius 3 is 2.44 bits per heavy atom. The number of carbonyl (C=O) groups excluding carboxylic acids is 1. The lowest BCUT2D eigenvalue weighted by atomic mass is 9.80. The Morgan fingerprint density at radius 1 is 1.04 bits per heavy atom. The lowest BCUT2D eigenvalue weighted by Crippen LogP contribution is -2.44. The van der Waals surface area contributed by atoms with Crippen LogP contribution in [0, 0.1) is 17.7 Å². The number of halogens is 1. The zero-order chi connectivity index (χ0) is 18.8. The molecule has 1 heterocycles. The van der Waals surface area contributed by atoms with Crippen LogP contribution in [0.1, 0.15) is 48.4 Å². The summed E-state index contributed by atoms with van der Waals surface area (Å²) in [4.78, 5) is 15.5. The topological polar surface area (TPSA) is 46.3 Å². The highest BCUT2D eigenvalue weighted by Crippen LogP contribution is 2.38. The fraction of sp³-hybridized carbons (Fsp3) is 0.435. The molecule has 0 saturated heterocycles. The van der Waals surface area contributed by atoms with Gasteiger partial charge in [-0.3, -0.25) is 4.79 Å². The molecular weight excluding hydrogens is 339 g/mol. The predicted molar refractivity (Wildman–Crippen MR) is 105 cm³/mol. The third-order valence-electron chi connectivity index (χ3n) is 6.28. The second-order valence-electron chi connectivity index (χ2n) is 7.89. The summed E-state index contributed by atoms with van der Waals surface area (Å²) in [6.45, 7) is 1.44. The van der Waals surface area contributed by atoms with Crippen molar-refractivity contribution in [3.8, 4) is 0 Å². The molecule has 2 aromatic rings. The van der Waals surface area contributed by atoms with Crippen LogP contribution in [-0.4, -0.2) is 23.9 Å². The van der Waals surface area contributed by atoms with E-state index < -0.39 is 0 Å². The molecule has 1 saturated carbocycles. The number of nitrogens with two attached hydrogens (primary N) is 1. The molecule has 27 heavy (non-hydrogen) atoms. The molecule has 4 rings (SSSR count). The van der Waals surface area contributed by atoms with Gasteiger partial charge in [-0.05, 0) is 73.4 Å². The number of rotatable bonds is 3. The molecule has 2 N–H and O–H groups in total. The summed E-state index contributed by atoms with van der Waals surface area (Å²) < 4.78 is 13.5. The Balaban J connectivity index is 1.64. The second kappa shape index (κ2) is 7.81. The molecule has 0 radical (unpaired) electrons. The van der Waals surface area contributed by atoms with Crippen LogP contribution < -0.4 is 5.73 Å². The first kappa shape index (κ1) is 18.2. The monoisotopic (exact) mass is 366 g/mol. The lowest BCUT2D eigenvalue weighted by molar-refractivity contribution is -0.139. The molecule has 142 valence electrons. The van der Waals surface area contributed by atoms with Crippen LogP contribution in [0.3, 0.4) is 0 Å². The van der Waals surface area contributed by atoms with E-state index in [1.54, 1.807) is 0 Å². The van der Waals surface area contributed by atoms with Gasteiger partial charge in [0.15, 0.2) is 0 Å². The largest absolute Gasteiger partial charge is 0.331 e. The van der Waals surface area contributed by atoms with Gasteiger partial charge in [0, 0.05) is 12.5 Å². The van der Waals surface area contributed by atoms with Crippen LogP contribution in [0.15, 0.2) is 48.5 Å². The van der Waals surface area contributed by atoms with Crippen molar-refractivity contribution in [2.24, 2.45) is 17.6 Å². The molecule has 3 nitrogen and oxygen atoms in total. The Morgan fingerprint density at radius 2 is 1.74 bits per heavy atom. The van der Waals surface area contributed by atoms with Crippen molar-refractivity contribution >= 4 is 5.91 Å². The molecule has 1 atom stereocenters. The van der Waals surface area contributed by atoms with Gasteiger partial charge in [0.2, 0.25) is 5.91 Å². The number of benzene rings is 2. The first-order valence-electron chi connectivity index (χ1n) is 10.0. The number of hydrogen-bond donors (Lipinski definition) is 1. The molecule has 1 aliphatic carbocycles. The van der Waals surface area contributed by atoms with Gasteiger partial charge in [0.1, 0.15) is 5.82 Å². The average molecular weight is 366 g/mol.